The Labute approximate surface area is 131 Å². The predicted molar refractivity (Wildman–Crippen MR) is 91.0 cm³/mol. The molecule has 2 nitrogen and oxygen atoms in total. The highest BCUT2D eigenvalue weighted by molar-refractivity contribution is 7.15. The van der Waals surface area contributed by atoms with Crippen molar-refractivity contribution in [1.82, 2.24) is 10.3 Å². The van der Waals surface area contributed by atoms with Crippen molar-refractivity contribution in [2.24, 2.45) is 0 Å². The Morgan fingerprint density at radius 2 is 2.19 bits per heavy atom. The third-order valence-electron chi connectivity index (χ3n) is 4.22. The van der Waals surface area contributed by atoms with Gasteiger partial charge in [0.1, 0.15) is 5.01 Å². The van der Waals surface area contributed by atoms with E-state index in [1.54, 1.807) is 0 Å². The Balaban J connectivity index is 1.96. The number of fused-ring (bicyclic) bond motifs is 1. The SMILES string of the molecule is CCCNC1CCCc2sc(-c3cc(C)ccc3C)nc21. The maximum atomic E-state index is 5.01. The van der Waals surface area contributed by atoms with Gasteiger partial charge >= 0.3 is 0 Å². The van der Waals surface area contributed by atoms with E-state index in [2.05, 4.69) is 44.3 Å². The Morgan fingerprint density at radius 3 is 3.00 bits per heavy atom. The van der Waals surface area contributed by atoms with Crippen molar-refractivity contribution in [3.05, 3.63) is 39.9 Å². The van der Waals surface area contributed by atoms with Crippen LogP contribution in [-0.4, -0.2) is 11.5 Å². The number of hydrogen-bond donors (Lipinski definition) is 1. The zero-order valence-corrected chi connectivity index (χ0v) is 14.0. The van der Waals surface area contributed by atoms with Crippen molar-refractivity contribution in [2.45, 2.75) is 52.5 Å². The first kappa shape index (κ1) is 14.7. The number of thiazole rings is 1. The van der Waals surface area contributed by atoms with Gasteiger partial charge in [0, 0.05) is 10.4 Å². The molecular weight excluding hydrogens is 276 g/mol. The molecule has 3 heteroatoms. The summed E-state index contributed by atoms with van der Waals surface area (Å²) >= 11 is 1.90. The summed E-state index contributed by atoms with van der Waals surface area (Å²) in [4.78, 5) is 6.50. The molecule has 3 rings (SSSR count). The highest BCUT2D eigenvalue weighted by Crippen LogP contribution is 2.38. The normalized spacial score (nSPS) is 17.8. The van der Waals surface area contributed by atoms with Crippen LogP contribution in [0.5, 0.6) is 0 Å². The van der Waals surface area contributed by atoms with Gasteiger partial charge in [-0.1, -0.05) is 24.6 Å². The van der Waals surface area contributed by atoms with E-state index in [0.717, 1.165) is 6.54 Å². The minimum absolute atomic E-state index is 0.462. The third-order valence-corrected chi connectivity index (χ3v) is 5.38. The van der Waals surface area contributed by atoms with Crippen LogP contribution in [0.4, 0.5) is 0 Å². The van der Waals surface area contributed by atoms with Crippen LogP contribution in [0.1, 0.15) is 53.9 Å². The van der Waals surface area contributed by atoms with Crippen LogP contribution in [0.3, 0.4) is 0 Å². The van der Waals surface area contributed by atoms with Crippen molar-refractivity contribution in [3.63, 3.8) is 0 Å². The average molecular weight is 300 g/mol. The van der Waals surface area contributed by atoms with E-state index < -0.39 is 0 Å². The summed E-state index contributed by atoms with van der Waals surface area (Å²) in [5.74, 6) is 0. The largest absolute Gasteiger partial charge is 0.309 e. The first-order chi connectivity index (χ1) is 10.2. The van der Waals surface area contributed by atoms with Crippen molar-refractivity contribution in [3.8, 4) is 10.6 Å². The fraction of sp³-hybridized carbons (Fsp3) is 0.500. The lowest BCUT2D eigenvalue weighted by molar-refractivity contribution is 0.454. The molecule has 0 spiro atoms. The lowest BCUT2D eigenvalue weighted by atomic mass is 9.97. The minimum atomic E-state index is 0.462. The molecule has 0 radical (unpaired) electrons. The van der Waals surface area contributed by atoms with Crippen molar-refractivity contribution in [1.29, 1.82) is 0 Å². The smallest absolute Gasteiger partial charge is 0.124 e. The van der Waals surface area contributed by atoms with Gasteiger partial charge in [0.2, 0.25) is 0 Å². The number of hydrogen-bond acceptors (Lipinski definition) is 3. The lowest BCUT2D eigenvalue weighted by Crippen LogP contribution is -2.25. The maximum Gasteiger partial charge on any atom is 0.124 e. The summed E-state index contributed by atoms with van der Waals surface area (Å²) < 4.78 is 0. The molecule has 112 valence electrons. The molecule has 1 unspecified atom stereocenters. The fourth-order valence-electron chi connectivity index (χ4n) is 3.02. The van der Waals surface area contributed by atoms with Gasteiger partial charge in [0.05, 0.1) is 11.7 Å². The first-order valence-corrected chi connectivity index (χ1v) is 8.81. The van der Waals surface area contributed by atoms with E-state index in [1.807, 2.05) is 11.3 Å². The van der Waals surface area contributed by atoms with Gasteiger partial charge in [-0.3, -0.25) is 0 Å². The summed E-state index contributed by atoms with van der Waals surface area (Å²) in [5.41, 5.74) is 5.26. The van der Waals surface area contributed by atoms with Crippen molar-refractivity contribution in [2.75, 3.05) is 6.54 Å². The molecule has 1 aromatic heterocycles. The zero-order chi connectivity index (χ0) is 14.8. The van der Waals surface area contributed by atoms with Gasteiger partial charge in [0.15, 0.2) is 0 Å². The Bertz CT molecular complexity index is 630. The number of rotatable bonds is 4. The monoisotopic (exact) mass is 300 g/mol. The molecule has 1 aliphatic rings. The summed E-state index contributed by atoms with van der Waals surface area (Å²) in [7, 11) is 0. The number of nitrogens with zero attached hydrogens (tertiary/aromatic N) is 1. The second kappa shape index (κ2) is 6.29. The molecule has 0 bridgehead atoms. The van der Waals surface area contributed by atoms with Crippen LogP contribution < -0.4 is 5.32 Å². The molecule has 0 saturated heterocycles. The van der Waals surface area contributed by atoms with E-state index in [1.165, 1.54) is 58.0 Å². The number of nitrogens with one attached hydrogen (secondary N) is 1. The minimum Gasteiger partial charge on any atom is -0.309 e. The molecule has 0 fully saturated rings. The van der Waals surface area contributed by atoms with Crippen LogP contribution in [0, 0.1) is 13.8 Å². The lowest BCUT2D eigenvalue weighted by Gasteiger charge is -2.22. The molecule has 1 heterocycles. The predicted octanol–water partition coefficient (Wildman–Crippen LogP) is 4.80. The van der Waals surface area contributed by atoms with E-state index in [9.17, 15) is 0 Å². The van der Waals surface area contributed by atoms with Crippen LogP contribution in [0.2, 0.25) is 0 Å². The number of aryl methyl sites for hydroxylation is 3. The summed E-state index contributed by atoms with van der Waals surface area (Å²) in [6, 6.07) is 7.12. The molecule has 0 aliphatic heterocycles. The van der Waals surface area contributed by atoms with Crippen molar-refractivity contribution < 1.29 is 0 Å². The van der Waals surface area contributed by atoms with Gasteiger partial charge in [-0.25, -0.2) is 4.98 Å². The highest BCUT2D eigenvalue weighted by Gasteiger charge is 2.24. The molecule has 0 saturated carbocycles. The van der Waals surface area contributed by atoms with E-state index >= 15 is 0 Å². The third kappa shape index (κ3) is 3.04. The topological polar surface area (TPSA) is 24.9 Å². The molecule has 1 N–H and O–H groups in total. The first-order valence-electron chi connectivity index (χ1n) is 7.99. The Hall–Kier alpha value is -1.19. The average Bonchev–Trinajstić information content (AvgIpc) is 2.92. The van der Waals surface area contributed by atoms with E-state index in [-0.39, 0.29) is 0 Å². The van der Waals surface area contributed by atoms with E-state index in [0.29, 0.717) is 6.04 Å². The van der Waals surface area contributed by atoms with Crippen molar-refractivity contribution >= 4 is 11.3 Å². The number of aromatic nitrogens is 1. The van der Waals surface area contributed by atoms with E-state index in [4.69, 9.17) is 4.98 Å². The van der Waals surface area contributed by atoms with Gasteiger partial charge in [0.25, 0.3) is 0 Å². The van der Waals surface area contributed by atoms with Gasteiger partial charge in [-0.15, -0.1) is 11.3 Å². The summed E-state index contributed by atoms with van der Waals surface area (Å²) in [6.45, 7) is 7.64. The molecule has 21 heavy (non-hydrogen) atoms. The quantitative estimate of drug-likeness (QED) is 0.877. The molecule has 1 aliphatic carbocycles. The van der Waals surface area contributed by atoms with Crippen LogP contribution in [0.15, 0.2) is 18.2 Å². The molecule has 0 amide bonds. The van der Waals surface area contributed by atoms with Crippen LogP contribution >= 0.6 is 11.3 Å². The summed E-state index contributed by atoms with van der Waals surface area (Å²) in [6.07, 6.45) is 4.88. The second-order valence-electron chi connectivity index (χ2n) is 6.04. The van der Waals surface area contributed by atoms with Gasteiger partial charge in [-0.2, -0.15) is 0 Å². The Kier molecular flexibility index (Phi) is 4.41. The van der Waals surface area contributed by atoms with Crippen LogP contribution in [-0.2, 0) is 6.42 Å². The van der Waals surface area contributed by atoms with Crippen LogP contribution in [0.25, 0.3) is 10.6 Å². The molecule has 1 aromatic carbocycles. The van der Waals surface area contributed by atoms with Gasteiger partial charge in [-0.05, 0) is 57.7 Å². The summed E-state index contributed by atoms with van der Waals surface area (Å²) in [5, 5.41) is 4.86. The zero-order valence-electron chi connectivity index (χ0n) is 13.2. The molecule has 1 atom stereocenters. The van der Waals surface area contributed by atoms with Gasteiger partial charge < -0.3 is 5.32 Å². The molecular formula is C18H24N2S. The Morgan fingerprint density at radius 1 is 1.33 bits per heavy atom. The fourth-order valence-corrected chi connectivity index (χ4v) is 4.26. The molecule has 2 aromatic rings. The highest BCUT2D eigenvalue weighted by atomic mass is 32.1. The second-order valence-corrected chi connectivity index (χ2v) is 7.13. The standard InChI is InChI=1S/C18H24N2S/c1-4-10-19-15-6-5-7-16-17(15)20-18(21-16)14-11-12(2)8-9-13(14)3/h8-9,11,15,19H,4-7,10H2,1-3H3. The maximum absolute atomic E-state index is 5.01. The number of benzene rings is 1.